The minimum absolute atomic E-state index is 0.268. The zero-order valence-electron chi connectivity index (χ0n) is 16.3. The first kappa shape index (κ1) is 19.9. The number of nitrogens with two attached hydrogens (primary N) is 1. The number of amides is 2. The second kappa shape index (κ2) is 8.47. The lowest BCUT2D eigenvalue weighted by atomic mass is 10.1. The molecular weight excluding hydrogens is 374 g/mol. The molecule has 8 heteroatoms. The summed E-state index contributed by atoms with van der Waals surface area (Å²) in [6.45, 7) is 4.00. The van der Waals surface area contributed by atoms with E-state index in [0.29, 0.717) is 35.1 Å². The molecule has 8 nitrogen and oxygen atoms in total. The summed E-state index contributed by atoms with van der Waals surface area (Å²) in [6.07, 6.45) is 0. The third-order valence-corrected chi connectivity index (χ3v) is 4.41. The fourth-order valence-corrected chi connectivity index (χ4v) is 2.72. The van der Waals surface area contributed by atoms with Crippen LogP contribution >= 0.6 is 0 Å². The third-order valence-electron chi connectivity index (χ3n) is 4.41. The molecule has 1 aromatic heterocycles. The van der Waals surface area contributed by atoms with E-state index in [9.17, 15) is 9.59 Å². The number of hydrogen-bond acceptors (Lipinski definition) is 6. The number of methoxy groups -OCH3 is 1. The Morgan fingerprint density at radius 2 is 1.79 bits per heavy atom. The van der Waals surface area contributed by atoms with E-state index in [1.54, 1.807) is 30.3 Å². The first-order valence-corrected chi connectivity index (χ1v) is 8.83. The fourth-order valence-electron chi connectivity index (χ4n) is 2.72. The van der Waals surface area contributed by atoms with Crippen LogP contribution < -0.4 is 20.5 Å². The molecule has 0 atom stereocenters. The second-order valence-corrected chi connectivity index (χ2v) is 6.35. The summed E-state index contributed by atoms with van der Waals surface area (Å²) in [5.41, 5.74) is 8.02. The number of aryl methyl sites for hydroxylation is 2. The van der Waals surface area contributed by atoms with Gasteiger partial charge in [-0.2, -0.15) is 0 Å². The quantitative estimate of drug-likeness (QED) is 0.634. The molecule has 0 bridgehead atoms. The van der Waals surface area contributed by atoms with Crippen molar-refractivity contribution in [2.24, 2.45) is 5.73 Å². The highest BCUT2D eigenvalue weighted by Crippen LogP contribution is 2.26. The topological polar surface area (TPSA) is 117 Å². The highest BCUT2D eigenvalue weighted by molar-refractivity contribution is 6.06. The SMILES string of the molecule is COc1ccc(C(N)=O)cc1NC(=O)c1ccc(OCc2c(C)noc2C)cc1. The normalized spacial score (nSPS) is 10.4. The first-order valence-electron chi connectivity index (χ1n) is 8.83. The van der Waals surface area contributed by atoms with E-state index < -0.39 is 5.91 Å². The Balaban J connectivity index is 1.69. The van der Waals surface area contributed by atoms with Gasteiger partial charge in [0.25, 0.3) is 5.91 Å². The smallest absolute Gasteiger partial charge is 0.255 e. The average Bonchev–Trinajstić information content (AvgIpc) is 3.04. The molecule has 3 N–H and O–H groups in total. The van der Waals surface area contributed by atoms with Gasteiger partial charge in [-0.05, 0) is 56.3 Å². The lowest BCUT2D eigenvalue weighted by molar-refractivity contribution is 0.0996. The number of aromatic nitrogens is 1. The van der Waals surface area contributed by atoms with Gasteiger partial charge < -0.3 is 25.0 Å². The van der Waals surface area contributed by atoms with Crippen molar-refractivity contribution in [3.05, 3.63) is 70.6 Å². The summed E-state index contributed by atoms with van der Waals surface area (Å²) < 4.78 is 16.1. The van der Waals surface area contributed by atoms with E-state index in [1.807, 2.05) is 13.8 Å². The Morgan fingerprint density at radius 3 is 2.38 bits per heavy atom. The molecule has 0 unspecified atom stereocenters. The maximum atomic E-state index is 12.6. The van der Waals surface area contributed by atoms with E-state index in [1.165, 1.54) is 19.2 Å². The number of benzene rings is 2. The Bertz CT molecular complexity index is 1020. The van der Waals surface area contributed by atoms with Gasteiger partial charge in [-0.15, -0.1) is 0 Å². The molecule has 0 spiro atoms. The molecule has 0 aliphatic rings. The molecule has 2 amide bonds. The number of rotatable bonds is 7. The van der Waals surface area contributed by atoms with Gasteiger partial charge in [0, 0.05) is 11.1 Å². The van der Waals surface area contributed by atoms with Crippen molar-refractivity contribution in [2.75, 3.05) is 12.4 Å². The Labute approximate surface area is 167 Å². The second-order valence-electron chi connectivity index (χ2n) is 6.35. The minimum Gasteiger partial charge on any atom is -0.495 e. The van der Waals surface area contributed by atoms with Gasteiger partial charge in [0.05, 0.1) is 24.1 Å². The maximum absolute atomic E-state index is 12.6. The molecule has 2 aromatic carbocycles. The zero-order chi connectivity index (χ0) is 21.0. The van der Waals surface area contributed by atoms with Crippen molar-refractivity contribution in [2.45, 2.75) is 20.5 Å². The van der Waals surface area contributed by atoms with E-state index in [4.69, 9.17) is 19.7 Å². The van der Waals surface area contributed by atoms with Crippen molar-refractivity contribution < 1.29 is 23.6 Å². The van der Waals surface area contributed by atoms with E-state index >= 15 is 0 Å². The number of nitrogens with one attached hydrogen (secondary N) is 1. The lowest BCUT2D eigenvalue weighted by Crippen LogP contribution is -2.15. The molecule has 1 heterocycles. The van der Waals surface area contributed by atoms with Crippen LogP contribution in [0.25, 0.3) is 0 Å². The minimum atomic E-state index is -0.594. The van der Waals surface area contributed by atoms with Crippen LogP contribution in [0.1, 0.15) is 37.7 Å². The van der Waals surface area contributed by atoms with Crippen LogP contribution in [0.5, 0.6) is 11.5 Å². The molecule has 0 fully saturated rings. The maximum Gasteiger partial charge on any atom is 0.255 e. The van der Waals surface area contributed by atoms with Crippen LogP contribution in [0.15, 0.2) is 47.0 Å². The number of anilines is 1. The average molecular weight is 395 g/mol. The summed E-state index contributed by atoms with van der Waals surface area (Å²) in [5.74, 6) is 0.786. The number of carbonyl (C=O) groups is 2. The highest BCUT2D eigenvalue weighted by atomic mass is 16.5. The molecule has 0 aliphatic carbocycles. The Morgan fingerprint density at radius 1 is 1.10 bits per heavy atom. The zero-order valence-corrected chi connectivity index (χ0v) is 16.3. The molecule has 0 aliphatic heterocycles. The highest BCUT2D eigenvalue weighted by Gasteiger charge is 2.13. The van der Waals surface area contributed by atoms with Crippen molar-refractivity contribution in [3.8, 4) is 11.5 Å². The summed E-state index contributed by atoms with van der Waals surface area (Å²) in [6, 6.07) is 11.3. The van der Waals surface area contributed by atoms with Gasteiger partial charge >= 0.3 is 0 Å². The number of nitrogens with zero attached hydrogens (tertiary/aromatic N) is 1. The van der Waals surface area contributed by atoms with Gasteiger partial charge in [-0.25, -0.2) is 0 Å². The summed E-state index contributed by atoms with van der Waals surface area (Å²) in [5, 5.41) is 6.62. The number of hydrogen-bond donors (Lipinski definition) is 2. The molecule has 0 saturated carbocycles. The summed E-state index contributed by atoms with van der Waals surface area (Å²) >= 11 is 0. The predicted octanol–water partition coefficient (Wildman–Crippen LogP) is 3.23. The van der Waals surface area contributed by atoms with Gasteiger partial charge in [0.2, 0.25) is 5.91 Å². The molecule has 0 saturated heterocycles. The van der Waals surface area contributed by atoms with Crippen molar-refractivity contribution in [1.29, 1.82) is 0 Å². The Kier molecular flexibility index (Phi) is 5.82. The van der Waals surface area contributed by atoms with Gasteiger partial charge in [-0.3, -0.25) is 9.59 Å². The molecular formula is C21H21N3O5. The lowest BCUT2D eigenvalue weighted by Gasteiger charge is -2.12. The number of ether oxygens (including phenoxy) is 2. The fraction of sp³-hybridized carbons (Fsp3) is 0.190. The van der Waals surface area contributed by atoms with Gasteiger partial charge in [0.1, 0.15) is 23.9 Å². The molecule has 3 aromatic rings. The van der Waals surface area contributed by atoms with E-state index in [2.05, 4.69) is 10.5 Å². The van der Waals surface area contributed by atoms with Crippen LogP contribution in [-0.2, 0) is 6.61 Å². The third kappa shape index (κ3) is 4.55. The van der Waals surface area contributed by atoms with Crippen LogP contribution in [-0.4, -0.2) is 24.1 Å². The number of carbonyl (C=O) groups excluding carboxylic acids is 2. The molecule has 3 rings (SSSR count). The largest absolute Gasteiger partial charge is 0.495 e. The van der Waals surface area contributed by atoms with Crippen LogP contribution in [0.2, 0.25) is 0 Å². The van der Waals surface area contributed by atoms with E-state index in [-0.39, 0.29) is 11.5 Å². The monoisotopic (exact) mass is 395 g/mol. The molecule has 29 heavy (non-hydrogen) atoms. The molecule has 150 valence electrons. The van der Waals surface area contributed by atoms with Gasteiger partial charge in [0.15, 0.2) is 0 Å². The summed E-state index contributed by atoms with van der Waals surface area (Å²) in [4.78, 5) is 23.9. The summed E-state index contributed by atoms with van der Waals surface area (Å²) in [7, 11) is 1.47. The molecule has 0 radical (unpaired) electrons. The van der Waals surface area contributed by atoms with Crippen molar-refractivity contribution in [1.82, 2.24) is 5.16 Å². The first-order chi connectivity index (χ1) is 13.9. The standard InChI is InChI=1S/C21H21N3O5/c1-12-17(13(2)29-24-12)11-28-16-7-4-14(5-8-16)21(26)23-18-10-15(20(22)25)6-9-19(18)27-3/h4-10H,11H2,1-3H3,(H2,22,25)(H,23,26). The number of primary amides is 1. The van der Waals surface area contributed by atoms with Crippen molar-refractivity contribution in [3.63, 3.8) is 0 Å². The van der Waals surface area contributed by atoms with E-state index in [0.717, 1.165) is 11.3 Å². The van der Waals surface area contributed by atoms with Gasteiger partial charge in [-0.1, -0.05) is 5.16 Å². The van der Waals surface area contributed by atoms with Crippen LogP contribution in [0.4, 0.5) is 5.69 Å². The Hall–Kier alpha value is -3.81. The van der Waals surface area contributed by atoms with Crippen LogP contribution in [0.3, 0.4) is 0 Å². The predicted molar refractivity (Wildman–Crippen MR) is 106 cm³/mol. The van der Waals surface area contributed by atoms with Crippen LogP contribution in [0, 0.1) is 13.8 Å². The van der Waals surface area contributed by atoms with Crippen molar-refractivity contribution >= 4 is 17.5 Å².